The summed E-state index contributed by atoms with van der Waals surface area (Å²) in [5.41, 5.74) is 0.0697. The van der Waals surface area contributed by atoms with Crippen molar-refractivity contribution in [3.8, 4) is 5.88 Å². The van der Waals surface area contributed by atoms with Gasteiger partial charge in [-0.25, -0.2) is 4.79 Å². The first-order valence-corrected chi connectivity index (χ1v) is 4.20. The van der Waals surface area contributed by atoms with Crippen LogP contribution in [0.2, 0.25) is 0 Å². The van der Waals surface area contributed by atoms with Crippen LogP contribution in [0.3, 0.4) is 0 Å². The maximum absolute atomic E-state index is 11.3. The average Bonchev–Trinajstić information content (AvgIpc) is 2.51. The number of carbonyl (C=O) groups excluding carboxylic acids is 1. The number of hydrogen-bond acceptors (Lipinski definition) is 2. The molecule has 13 heavy (non-hydrogen) atoms. The summed E-state index contributed by atoms with van der Waals surface area (Å²) in [5.74, 6) is -0.950. The number of rotatable bonds is 3. The maximum atomic E-state index is 11.3. The molecule has 0 aliphatic rings. The highest BCUT2D eigenvalue weighted by atomic mass is 16.5. The Balaban J connectivity index is 2.64. The number of carbonyl (C=O) groups is 1. The molecular weight excluding hydrogens is 170 g/mol. The quantitative estimate of drug-likeness (QED) is 0.727. The van der Waals surface area contributed by atoms with Crippen LogP contribution in [-0.2, 0) is 9.84 Å². The molecule has 0 fully saturated rings. The molecule has 0 aliphatic carbocycles. The predicted octanol–water partition coefficient (Wildman–Crippen LogP) is 2.11. The van der Waals surface area contributed by atoms with Crippen molar-refractivity contribution in [2.24, 2.45) is 0 Å². The summed E-state index contributed by atoms with van der Waals surface area (Å²) in [7, 11) is 0. The van der Waals surface area contributed by atoms with Gasteiger partial charge in [0.05, 0.1) is 6.10 Å². The molecule has 4 heteroatoms. The Morgan fingerprint density at radius 1 is 1.69 bits per heavy atom. The zero-order valence-corrected chi connectivity index (χ0v) is 7.66. The highest BCUT2D eigenvalue weighted by molar-refractivity contribution is 5.91. The van der Waals surface area contributed by atoms with Crippen molar-refractivity contribution >= 4 is 5.97 Å². The molecule has 0 spiro atoms. The molecule has 0 aliphatic heterocycles. The fourth-order valence-electron chi connectivity index (χ4n) is 0.844. The lowest BCUT2D eigenvalue weighted by atomic mass is 10.3. The van der Waals surface area contributed by atoms with Crippen LogP contribution in [0.5, 0.6) is 5.88 Å². The minimum atomic E-state index is -0.555. The maximum Gasteiger partial charge on any atom is 0.344 e. The molecule has 4 nitrogen and oxygen atoms in total. The number of H-pyrrole nitrogens is 1. The van der Waals surface area contributed by atoms with Gasteiger partial charge in [0.15, 0.2) is 0 Å². The summed E-state index contributed by atoms with van der Waals surface area (Å²) in [5, 5.41) is 11.0. The van der Waals surface area contributed by atoms with E-state index < -0.39 is 11.8 Å². The number of esters is 1. The zero-order valence-electron chi connectivity index (χ0n) is 7.66. The topological polar surface area (TPSA) is 62.0 Å². The average molecular weight is 182 g/mol. The fraction of sp³-hybridized carbons (Fsp3) is 0.444. The van der Waals surface area contributed by atoms with E-state index in [0.29, 0.717) is 0 Å². The number of aromatic nitrogens is 1. The van der Waals surface area contributed by atoms with Crippen LogP contribution in [0.15, 0.2) is 12.3 Å². The van der Waals surface area contributed by atoms with Gasteiger partial charge in [0.25, 0.3) is 5.88 Å². The lowest BCUT2D eigenvalue weighted by molar-refractivity contribution is 0.0329. The van der Waals surface area contributed by atoms with E-state index in [1.165, 1.54) is 12.3 Å². The molecule has 1 radical (unpaired) electrons. The first-order valence-electron chi connectivity index (χ1n) is 4.20. The second kappa shape index (κ2) is 3.98. The predicted molar refractivity (Wildman–Crippen MR) is 46.1 cm³/mol. The van der Waals surface area contributed by atoms with E-state index in [0.717, 1.165) is 6.42 Å². The number of ether oxygens (including phenoxy) is 1. The molecule has 0 amide bonds. The van der Waals surface area contributed by atoms with Crippen molar-refractivity contribution in [2.75, 3.05) is 0 Å². The van der Waals surface area contributed by atoms with Crippen LogP contribution in [0.4, 0.5) is 0 Å². The van der Waals surface area contributed by atoms with Gasteiger partial charge in [-0.05, 0) is 19.4 Å². The largest absolute Gasteiger partial charge is 0.459 e. The van der Waals surface area contributed by atoms with Crippen molar-refractivity contribution in [2.45, 2.75) is 26.4 Å². The third-order valence-corrected chi connectivity index (χ3v) is 1.81. The van der Waals surface area contributed by atoms with E-state index in [2.05, 4.69) is 4.98 Å². The van der Waals surface area contributed by atoms with Gasteiger partial charge in [-0.3, -0.25) is 5.11 Å². The molecule has 0 saturated heterocycles. The van der Waals surface area contributed by atoms with Gasteiger partial charge < -0.3 is 9.72 Å². The Morgan fingerprint density at radius 3 is 2.85 bits per heavy atom. The van der Waals surface area contributed by atoms with Crippen LogP contribution in [0.25, 0.3) is 0 Å². The smallest absolute Gasteiger partial charge is 0.344 e. The van der Waals surface area contributed by atoms with Gasteiger partial charge in [0, 0.05) is 6.20 Å². The first kappa shape index (κ1) is 9.64. The minimum Gasteiger partial charge on any atom is -0.459 e. The SMILES string of the molecule is CCC(C)OC(=O)c1cc[nH]c1[O]. The molecule has 1 N–H and O–H groups in total. The van der Waals surface area contributed by atoms with E-state index >= 15 is 0 Å². The highest BCUT2D eigenvalue weighted by Crippen LogP contribution is 2.16. The Hall–Kier alpha value is -1.45. The third-order valence-electron chi connectivity index (χ3n) is 1.81. The molecule has 1 heterocycles. The van der Waals surface area contributed by atoms with Crippen LogP contribution in [-0.4, -0.2) is 17.1 Å². The Morgan fingerprint density at radius 2 is 2.38 bits per heavy atom. The Bertz CT molecular complexity index is 293. The summed E-state index contributed by atoms with van der Waals surface area (Å²) in [4.78, 5) is 13.6. The van der Waals surface area contributed by atoms with Crippen LogP contribution in [0, 0.1) is 0 Å². The van der Waals surface area contributed by atoms with E-state index in [1.54, 1.807) is 6.92 Å². The van der Waals surface area contributed by atoms with Gasteiger partial charge in [-0.1, -0.05) is 6.92 Å². The lowest BCUT2D eigenvalue weighted by Crippen LogP contribution is -2.13. The second-order valence-corrected chi connectivity index (χ2v) is 2.84. The molecule has 1 atom stereocenters. The lowest BCUT2D eigenvalue weighted by Gasteiger charge is -2.09. The van der Waals surface area contributed by atoms with E-state index in [-0.39, 0.29) is 11.7 Å². The Labute approximate surface area is 76.5 Å². The summed E-state index contributed by atoms with van der Waals surface area (Å²) in [6, 6.07) is 1.42. The summed E-state index contributed by atoms with van der Waals surface area (Å²) >= 11 is 0. The molecule has 1 rings (SSSR count). The van der Waals surface area contributed by atoms with E-state index in [1.807, 2.05) is 6.92 Å². The van der Waals surface area contributed by atoms with Crippen molar-refractivity contribution < 1.29 is 14.6 Å². The monoisotopic (exact) mass is 182 g/mol. The van der Waals surface area contributed by atoms with E-state index in [9.17, 15) is 9.90 Å². The summed E-state index contributed by atoms with van der Waals surface area (Å²) < 4.78 is 4.97. The molecule has 0 aromatic carbocycles. The van der Waals surface area contributed by atoms with Crippen LogP contribution >= 0.6 is 0 Å². The fourth-order valence-corrected chi connectivity index (χ4v) is 0.844. The van der Waals surface area contributed by atoms with Gasteiger partial charge in [-0.2, -0.15) is 0 Å². The molecule has 71 valence electrons. The van der Waals surface area contributed by atoms with Crippen molar-refractivity contribution in [3.63, 3.8) is 0 Å². The molecule has 1 aromatic rings. The van der Waals surface area contributed by atoms with Gasteiger partial charge in [0.2, 0.25) is 0 Å². The van der Waals surface area contributed by atoms with Gasteiger partial charge >= 0.3 is 5.97 Å². The number of hydrogen-bond donors (Lipinski definition) is 1. The van der Waals surface area contributed by atoms with E-state index in [4.69, 9.17) is 4.74 Å². The third kappa shape index (κ3) is 2.24. The second-order valence-electron chi connectivity index (χ2n) is 2.84. The molecule has 1 unspecified atom stereocenters. The van der Waals surface area contributed by atoms with Crippen molar-refractivity contribution in [1.29, 1.82) is 0 Å². The summed E-state index contributed by atoms with van der Waals surface area (Å²) in [6.07, 6.45) is 2.02. The standard InChI is InChI=1S/C9H12NO3/c1-3-6(2)13-9(12)7-4-5-10-8(7)11/h4-6,10H,3H2,1-2H3. The first-order chi connectivity index (χ1) is 6.15. The van der Waals surface area contributed by atoms with Crippen molar-refractivity contribution in [1.82, 2.24) is 4.98 Å². The number of nitrogens with one attached hydrogen (secondary N) is 1. The van der Waals surface area contributed by atoms with Crippen LogP contribution in [0.1, 0.15) is 30.6 Å². The van der Waals surface area contributed by atoms with Gasteiger partial charge in [0.1, 0.15) is 5.56 Å². The normalized spacial score (nSPS) is 12.5. The van der Waals surface area contributed by atoms with Gasteiger partial charge in [-0.15, -0.1) is 0 Å². The summed E-state index contributed by atoms with van der Waals surface area (Å²) in [6.45, 7) is 3.70. The Kier molecular flexibility index (Phi) is 2.95. The minimum absolute atomic E-state index is 0.0697. The van der Waals surface area contributed by atoms with Crippen molar-refractivity contribution in [3.05, 3.63) is 17.8 Å². The zero-order chi connectivity index (χ0) is 9.84. The highest BCUT2D eigenvalue weighted by Gasteiger charge is 2.16. The molecule has 0 bridgehead atoms. The molecular formula is C9H12NO3. The van der Waals surface area contributed by atoms with Crippen LogP contribution < -0.4 is 0 Å². The molecule has 0 saturated carbocycles. The molecule has 1 aromatic heterocycles. The number of aromatic amines is 1.